The van der Waals surface area contributed by atoms with Crippen LogP contribution in [0.3, 0.4) is 0 Å². The van der Waals surface area contributed by atoms with Crippen molar-refractivity contribution in [2.45, 2.75) is 6.04 Å². The van der Waals surface area contributed by atoms with Gasteiger partial charge in [0.25, 0.3) is 0 Å². The number of carbonyl (C=O) groups is 1. The highest BCUT2D eigenvalue weighted by atomic mass is 35.5. The zero-order valence-electron chi connectivity index (χ0n) is 8.07. The quantitative estimate of drug-likeness (QED) is 0.835. The fourth-order valence-electron chi connectivity index (χ4n) is 1.33. The maximum absolute atomic E-state index is 11.0. The molecule has 1 aromatic carbocycles. The van der Waals surface area contributed by atoms with Crippen molar-refractivity contribution in [1.82, 2.24) is 4.90 Å². The summed E-state index contributed by atoms with van der Waals surface area (Å²) in [4.78, 5) is 12.6. The molecule has 4 heteroatoms. The van der Waals surface area contributed by atoms with E-state index in [0.717, 1.165) is 0 Å². The first-order valence-electron chi connectivity index (χ1n) is 4.17. The molecule has 0 aliphatic rings. The molecule has 1 atom stereocenters. The van der Waals surface area contributed by atoms with Gasteiger partial charge in [0.1, 0.15) is 6.04 Å². The molecule has 1 rings (SSSR count). The smallest absolute Gasteiger partial charge is 0.325 e. The maximum atomic E-state index is 11.0. The van der Waals surface area contributed by atoms with E-state index in [1.54, 1.807) is 43.3 Å². The molecule has 0 fully saturated rings. The predicted molar refractivity (Wildman–Crippen MR) is 55.5 cm³/mol. The number of hydrogen-bond acceptors (Lipinski definition) is 2. The van der Waals surface area contributed by atoms with Gasteiger partial charge >= 0.3 is 5.97 Å². The van der Waals surface area contributed by atoms with Gasteiger partial charge in [-0.2, -0.15) is 0 Å². The second-order valence-corrected chi connectivity index (χ2v) is 3.63. The highest BCUT2D eigenvalue weighted by Crippen LogP contribution is 2.25. The summed E-state index contributed by atoms with van der Waals surface area (Å²) in [6, 6.07) is 6.28. The number of likely N-dealkylation sites (N-methyl/N-ethyl adjacent to an activating group) is 1. The topological polar surface area (TPSA) is 40.5 Å². The van der Waals surface area contributed by atoms with Crippen LogP contribution in [0.2, 0.25) is 5.02 Å². The molecule has 0 aromatic heterocycles. The molecular weight excluding hydrogens is 202 g/mol. The summed E-state index contributed by atoms with van der Waals surface area (Å²) >= 11 is 5.92. The largest absolute Gasteiger partial charge is 0.480 e. The van der Waals surface area contributed by atoms with E-state index in [2.05, 4.69) is 0 Å². The number of hydrogen-bond donors (Lipinski definition) is 1. The van der Waals surface area contributed by atoms with E-state index in [4.69, 9.17) is 16.7 Å². The number of carboxylic acid groups (broad SMARTS) is 1. The zero-order valence-corrected chi connectivity index (χ0v) is 8.82. The van der Waals surface area contributed by atoms with Crippen molar-refractivity contribution in [2.75, 3.05) is 14.1 Å². The number of nitrogens with zero attached hydrogens (tertiary/aromatic N) is 1. The monoisotopic (exact) mass is 213 g/mol. The van der Waals surface area contributed by atoms with Gasteiger partial charge in [-0.3, -0.25) is 9.69 Å². The number of carboxylic acids is 1. The van der Waals surface area contributed by atoms with Crippen LogP contribution in [0.5, 0.6) is 0 Å². The van der Waals surface area contributed by atoms with Crippen LogP contribution in [0, 0.1) is 0 Å². The van der Waals surface area contributed by atoms with Crippen molar-refractivity contribution in [3.63, 3.8) is 0 Å². The van der Waals surface area contributed by atoms with Crippen LogP contribution in [-0.2, 0) is 4.79 Å². The minimum Gasteiger partial charge on any atom is -0.480 e. The van der Waals surface area contributed by atoms with Gasteiger partial charge in [-0.1, -0.05) is 29.8 Å². The third-order valence-corrected chi connectivity index (χ3v) is 2.29. The molecule has 14 heavy (non-hydrogen) atoms. The number of aliphatic carboxylic acids is 1. The molecule has 0 saturated carbocycles. The van der Waals surface area contributed by atoms with E-state index in [9.17, 15) is 4.79 Å². The second kappa shape index (κ2) is 4.44. The van der Waals surface area contributed by atoms with E-state index in [1.165, 1.54) is 0 Å². The highest BCUT2D eigenvalue weighted by Gasteiger charge is 2.23. The molecule has 0 radical (unpaired) electrons. The lowest BCUT2D eigenvalue weighted by atomic mass is 10.1. The van der Waals surface area contributed by atoms with E-state index < -0.39 is 12.0 Å². The van der Waals surface area contributed by atoms with Gasteiger partial charge in [0.2, 0.25) is 0 Å². The van der Waals surface area contributed by atoms with Crippen LogP contribution in [0.4, 0.5) is 0 Å². The lowest BCUT2D eigenvalue weighted by Crippen LogP contribution is -2.27. The van der Waals surface area contributed by atoms with E-state index in [0.29, 0.717) is 10.6 Å². The molecule has 0 unspecified atom stereocenters. The van der Waals surface area contributed by atoms with E-state index in [-0.39, 0.29) is 0 Å². The highest BCUT2D eigenvalue weighted by molar-refractivity contribution is 6.31. The van der Waals surface area contributed by atoms with Gasteiger partial charge in [0.15, 0.2) is 0 Å². The summed E-state index contributed by atoms with van der Waals surface area (Å²) in [5, 5.41) is 9.50. The molecule has 1 aromatic rings. The van der Waals surface area contributed by atoms with Crippen molar-refractivity contribution in [3.8, 4) is 0 Å². The first-order chi connectivity index (χ1) is 6.54. The Balaban J connectivity index is 3.12. The van der Waals surface area contributed by atoms with Crippen LogP contribution in [0.1, 0.15) is 11.6 Å². The molecule has 0 saturated heterocycles. The summed E-state index contributed by atoms with van der Waals surface area (Å²) in [6.07, 6.45) is 0. The Kier molecular flexibility index (Phi) is 3.49. The Morgan fingerprint density at radius 2 is 2.00 bits per heavy atom. The molecule has 0 spiro atoms. The van der Waals surface area contributed by atoms with Crippen LogP contribution in [0.25, 0.3) is 0 Å². The SMILES string of the molecule is CN(C)[C@@H](C(=O)O)c1ccccc1Cl. The van der Waals surface area contributed by atoms with Gasteiger partial charge in [-0.15, -0.1) is 0 Å². The molecule has 0 aliphatic carbocycles. The van der Waals surface area contributed by atoms with Crippen LogP contribution >= 0.6 is 11.6 Å². The van der Waals surface area contributed by atoms with Gasteiger partial charge in [-0.25, -0.2) is 0 Å². The Morgan fingerprint density at radius 1 is 1.43 bits per heavy atom. The van der Waals surface area contributed by atoms with Gasteiger partial charge in [0.05, 0.1) is 0 Å². The predicted octanol–water partition coefficient (Wildman–Crippen LogP) is 2.03. The Morgan fingerprint density at radius 3 is 2.43 bits per heavy atom. The van der Waals surface area contributed by atoms with Crippen molar-refractivity contribution >= 4 is 17.6 Å². The second-order valence-electron chi connectivity index (χ2n) is 3.23. The van der Waals surface area contributed by atoms with Crippen LogP contribution < -0.4 is 0 Å². The molecule has 0 bridgehead atoms. The number of benzene rings is 1. The summed E-state index contributed by atoms with van der Waals surface area (Å²) in [5.41, 5.74) is 0.617. The average Bonchev–Trinajstić information content (AvgIpc) is 2.07. The molecule has 0 heterocycles. The van der Waals surface area contributed by atoms with Gasteiger partial charge in [-0.05, 0) is 25.7 Å². The van der Waals surface area contributed by atoms with Crippen molar-refractivity contribution in [1.29, 1.82) is 0 Å². The summed E-state index contributed by atoms with van der Waals surface area (Å²) in [6.45, 7) is 0. The summed E-state index contributed by atoms with van der Waals surface area (Å²) in [5.74, 6) is -0.900. The molecule has 0 aliphatic heterocycles. The first kappa shape index (κ1) is 11.0. The lowest BCUT2D eigenvalue weighted by molar-refractivity contribution is -0.142. The maximum Gasteiger partial charge on any atom is 0.325 e. The van der Waals surface area contributed by atoms with Crippen LogP contribution in [-0.4, -0.2) is 30.1 Å². The van der Waals surface area contributed by atoms with Gasteiger partial charge < -0.3 is 5.11 Å². The normalized spacial score (nSPS) is 12.9. The van der Waals surface area contributed by atoms with Crippen LogP contribution in [0.15, 0.2) is 24.3 Å². The molecule has 3 nitrogen and oxygen atoms in total. The fourth-order valence-corrected chi connectivity index (χ4v) is 1.57. The molecule has 76 valence electrons. The minimum absolute atomic E-state index is 0.480. The number of rotatable bonds is 3. The molecular formula is C10H12ClNO2. The summed E-state index contributed by atoms with van der Waals surface area (Å²) in [7, 11) is 3.42. The standard InChI is InChI=1S/C10H12ClNO2/c1-12(2)9(10(13)14)7-5-3-4-6-8(7)11/h3-6,9H,1-2H3,(H,13,14)/t9-/m1/s1. The van der Waals surface area contributed by atoms with Gasteiger partial charge in [0, 0.05) is 5.02 Å². The van der Waals surface area contributed by atoms with Crippen molar-refractivity contribution in [2.24, 2.45) is 0 Å². The molecule has 0 amide bonds. The van der Waals surface area contributed by atoms with E-state index in [1.807, 2.05) is 0 Å². The fraction of sp³-hybridized carbons (Fsp3) is 0.300. The van der Waals surface area contributed by atoms with Crippen molar-refractivity contribution < 1.29 is 9.90 Å². The lowest BCUT2D eigenvalue weighted by Gasteiger charge is -2.21. The third-order valence-electron chi connectivity index (χ3n) is 1.95. The Labute approximate surface area is 87.9 Å². The Bertz CT molecular complexity index is 339. The number of halogens is 1. The minimum atomic E-state index is -0.900. The average molecular weight is 214 g/mol. The van der Waals surface area contributed by atoms with E-state index >= 15 is 0 Å². The summed E-state index contributed by atoms with van der Waals surface area (Å²) < 4.78 is 0. The van der Waals surface area contributed by atoms with Crippen molar-refractivity contribution in [3.05, 3.63) is 34.9 Å². The first-order valence-corrected chi connectivity index (χ1v) is 4.55. The molecule has 1 N–H and O–H groups in total. The Hall–Kier alpha value is -1.06. The zero-order chi connectivity index (χ0) is 10.7. The third kappa shape index (κ3) is 2.25.